The molecule has 130 valence electrons. The zero-order valence-electron chi connectivity index (χ0n) is 13.8. The molecule has 3 aliphatic rings. The number of aromatic nitrogens is 2. The summed E-state index contributed by atoms with van der Waals surface area (Å²) in [5.41, 5.74) is 0. The van der Waals surface area contributed by atoms with E-state index in [-0.39, 0.29) is 29.9 Å². The van der Waals surface area contributed by atoms with Gasteiger partial charge in [0.2, 0.25) is 23.6 Å². The molecule has 4 rings (SSSR count). The van der Waals surface area contributed by atoms with Crippen LogP contribution in [0.3, 0.4) is 0 Å². The summed E-state index contributed by atoms with van der Waals surface area (Å²) in [4.78, 5) is 26.0. The fourth-order valence-electron chi connectivity index (χ4n) is 3.65. The Kier molecular flexibility index (Phi) is 3.99. The SMILES string of the molecule is CCC(=O)N[C@H]1C[C@H]2C(=O)NC[C@@H](Cc3nnc(C4CC4)o3)N2C1. The smallest absolute Gasteiger partial charge is 0.237 e. The number of nitrogens with zero attached hydrogens (tertiary/aromatic N) is 3. The first kappa shape index (κ1) is 15.6. The molecule has 1 saturated carbocycles. The molecule has 8 heteroatoms. The molecule has 0 spiro atoms. The summed E-state index contributed by atoms with van der Waals surface area (Å²) < 4.78 is 5.76. The molecule has 1 aromatic heterocycles. The highest BCUT2D eigenvalue weighted by Crippen LogP contribution is 2.39. The first-order chi connectivity index (χ1) is 11.6. The second-order valence-electron chi connectivity index (χ2n) is 6.98. The lowest BCUT2D eigenvalue weighted by atomic mass is 10.1. The zero-order valence-corrected chi connectivity index (χ0v) is 13.8. The number of amides is 2. The van der Waals surface area contributed by atoms with E-state index in [1.54, 1.807) is 0 Å². The quantitative estimate of drug-likeness (QED) is 0.784. The molecule has 0 bridgehead atoms. The summed E-state index contributed by atoms with van der Waals surface area (Å²) in [5, 5.41) is 14.3. The van der Waals surface area contributed by atoms with Gasteiger partial charge in [-0.1, -0.05) is 6.92 Å². The summed E-state index contributed by atoms with van der Waals surface area (Å²) in [6.45, 7) is 3.10. The monoisotopic (exact) mass is 333 g/mol. The Labute approximate surface area is 140 Å². The van der Waals surface area contributed by atoms with Crippen LogP contribution < -0.4 is 10.6 Å². The van der Waals surface area contributed by atoms with Crippen molar-refractivity contribution < 1.29 is 14.0 Å². The summed E-state index contributed by atoms with van der Waals surface area (Å²) in [7, 11) is 0. The fourth-order valence-corrected chi connectivity index (χ4v) is 3.65. The molecule has 1 aromatic rings. The van der Waals surface area contributed by atoms with Crippen LogP contribution in [0.25, 0.3) is 0 Å². The Balaban J connectivity index is 1.43. The molecule has 24 heavy (non-hydrogen) atoms. The molecular weight excluding hydrogens is 310 g/mol. The molecule has 2 amide bonds. The standard InChI is InChI=1S/C16H23N5O3/c1-2-13(22)18-10-5-12-15(23)17-7-11(21(12)8-10)6-14-19-20-16(24-14)9-3-4-9/h9-12H,2-8H2,1H3,(H,17,23)(H,18,22)/t10-,11+,12-/m0/s1. The van der Waals surface area contributed by atoms with E-state index in [0.717, 1.165) is 18.7 Å². The van der Waals surface area contributed by atoms with Crippen molar-refractivity contribution in [3.05, 3.63) is 11.8 Å². The van der Waals surface area contributed by atoms with Gasteiger partial charge in [-0.25, -0.2) is 0 Å². The average Bonchev–Trinajstić information content (AvgIpc) is 3.16. The number of nitrogens with one attached hydrogen (secondary N) is 2. The second-order valence-corrected chi connectivity index (χ2v) is 6.98. The summed E-state index contributed by atoms with van der Waals surface area (Å²) >= 11 is 0. The van der Waals surface area contributed by atoms with Crippen LogP contribution in [0.4, 0.5) is 0 Å². The predicted molar refractivity (Wildman–Crippen MR) is 84.1 cm³/mol. The molecule has 0 radical (unpaired) electrons. The van der Waals surface area contributed by atoms with Gasteiger partial charge in [-0.3, -0.25) is 14.5 Å². The third kappa shape index (κ3) is 3.02. The van der Waals surface area contributed by atoms with Crippen LogP contribution in [-0.4, -0.2) is 58.1 Å². The van der Waals surface area contributed by atoms with Crippen LogP contribution in [0.5, 0.6) is 0 Å². The highest BCUT2D eigenvalue weighted by Gasteiger charge is 2.44. The number of hydrogen-bond donors (Lipinski definition) is 2. The third-order valence-corrected chi connectivity index (χ3v) is 5.13. The van der Waals surface area contributed by atoms with Gasteiger partial charge in [-0.15, -0.1) is 10.2 Å². The molecule has 2 saturated heterocycles. The lowest BCUT2D eigenvalue weighted by Crippen LogP contribution is -2.58. The van der Waals surface area contributed by atoms with Gasteiger partial charge in [0, 0.05) is 43.9 Å². The van der Waals surface area contributed by atoms with E-state index < -0.39 is 0 Å². The Hall–Kier alpha value is -1.96. The summed E-state index contributed by atoms with van der Waals surface area (Å²) in [5.74, 6) is 1.91. The van der Waals surface area contributed by atoms with Crippen LogP contribution in [-0.2, 0) is 16.0 Å². The number of carbonyl (C=O) groups excluding carboxylic acids is 2. The van der Waals surface area contributed by atoms with E-state index in [1.807, 2.05) is 6.92 Å². The van der Waals surface area contributed by atoms with Gasteiger partial charge in [-0.05, 0) is 19.3 Å². The molecule has 0 unspecified atom stereocenters. The molecule has 3 fully saturated rings. The number of piperazine rings is 1. The molecule has 1 aliphatic carbocycles. The average molecular weight is 333 g/mol. The lowest BCUT2D eigenvalue weighted by molar-refractivity contribution is -0.129. The number of hydrogen-bond acceptors (Lipinski definition) is 6. The first-order valence-electron chi connectivity index (χ1n) is 8.79. The molecule has 2 N–H and O–H groups in total. The minimum atomic E-state index is -0.184. The summed E-state index contributed by atoms with van der Waals surface area (Å²) in [6, 6.07) is -0.0287. The molecule has 0 aromatic carbocycles. The van der Waals surface area contributed by atoms with Crippen LogP contribution in [0.1, 0.15) is 50.3 Å². The Morgan fingerprint density at radius 2 is 2.25 bits per heavy atom. The minimum absolute atomic E-state index is 0.0264. The largest absolute Gasteiger partial charge is 0.425 e. The molecule has 3 atom stereocenters. The minimum Gasteiger partial charge on any atom is -0.425 e. The van der Waals surface area contributed by atoms with E-state index in [9.17, 15) is 9.59 Å². The van der Waals surface area contributed by atoms with Gasteiger partial charge in [-0.2, -0.15) is 0 Å². The van der Waals surface area contributed by atoms with Gasteiger partial charge in [0.25, 0.3) is 0 Å². The zero-order chi connectivity index (χ0) is 16.7. The van der Waals surface area contributed by atoms with Crippen LogP contribution >= 0.6 is 0 Å². The fraction of sp³-hybridized carbons (Fsp3) is 0.750. The maximum Gasteiger partial charge on any atom is 0.237 e. The molecular formula is C16H23N5O3. The number of fused-ring (bicyclic) bond motifs is 1. The van der Waals surface area contributed by atoms with Crippen molar-refractivity contribution in [2.45, 2.75) is 63.1 Å². The van der Waals surface area contributed by atoms with E-state index in [2.05, 4.69) is 25.7 Å². The van der Waals surface area contributed by atoms with Crippen LogP contribution in [0, 0.1) is 0 Å². The normalized spacial score (nSPS) is 30.0. The maximum absolute atomic E-state index is 12.2. The van der Waals surface area contributed by atoms with Crippen molar-refractivity contribution in [3.8, 4) is 0 Å². The van der Waals surface area contributed by atoms with Crippen LogP contribution in [0.15, 0.2) is 4.42 Å². The van der Waals surface area contributed by atoms with Crippen molar-refractivity contribution in [1.82, 2.24) is 25.7 Å². The van der Waals surface area contributed by atoms with Gasteiger partial charge in [0.15, 0.2) is 0 Å². The molecule has 8 nitrogen and oxygen atoms in total. The van der Waals surface area contributed by atoms with Gasteiger partial charge in [0.05, 0.1) is 6.04 Å². The Morgan fingerprint density at radius 1 is 1.42 bits per heavy atom. The second kappa shape index (κ2) is 6.16. The van der Waals surface area contributed by atoms with Gasteiger partial charge in [0.1, 0.15) is 0 Å². The predicted octanol–water partition coefficient (Wildman–Crippen LogP) is -0.0430. The third-order valence-electron chi connectivity index (χ3n) is 5.13. The topological polar surface area (TPSA) is 100 Å². The maximum atomic E-state index is 12.2. The van der Waals surface area contributed by atoms with Crippen molar-refractivity contribution >= 4 is 11.8 Å². The molecule has 3 heterocycles. The van der Waals surface area contributed by atoms with Gasteiger partial charge >= 0.3 is 0 Å². The van der Waals surface area contributed by atoms with Crippen molar-refractivity contribution in [2.75, 3.05) is 13.1 Å². The molecule has 2 aliphatic heterocycles. The van der Waals surface area contributed by atoms with Crippen molar-refractivity contribution in [3.63, 3.8) is 0 Å². The summed E-state index contributed by atoms with van der Waals surface area (Å²) in [6.07, 6.45) is 4.02. The van der Waals surface area contributed by atoms with E-state index in [0.29, 0.717) is 44.2 Å². The Bertz CT molecular complexity index is 641. The van der Waals surface area contributed by atoms with Crippen LogP contribution in [0.2, 0.25) is 0 Å². The van der Waals surface area contributed by atoms with Crippen molar-refractivity contribution in [2.24, 2.45) is 0 Å². The van der Waals surface area contributed by atoms with E-state index >= 15 is 0 Å². The van der Waals surface area contributed by atoms with Crippen molar-refractivity contribution in [1.29, 1.82) is 0 Å². The Morgan fingerprint density at radius 3 is 3.00 bits per heavy atom. The first-order valence-corrected chi connectivity index (χ1v) is 8.79. The van der Waals surface area contributed by atoms with Gasteiger partial charge < -0.3 is 15.1 Å². The van der Waals surface area contributed by atoms with E-state index in [4.69, 9.17) is 4.42 Å². The highest BCUT2D eigenvalue weighted by molar-refractivity contribution is 5.83. The number of carbonyl (C=O) groups is 2. The highest BCUT2D eigenvalue weighted by atomic mass is 16.4. The van der Waals surface area contributed by atoms with E-state index in [1.165, 1.54) is 0 Å². The lowest BCUT2D eigenvalue weighted by Gasteiger charge is -2.36. The number of rotatable bonds is 5.